The molecule has 0 aliphatic rings. The van der Waals surface area contributed by atoms with Crippen molar-refractivity contribution in [2.75, 3.05) is 6.54 Å². The van der Waals surface area contributed by atoms with E-state index >= 15 is 0 Å². The molecule has 0 aliphatic carbocycles. The van der Waals surface area contributed by atoms with Crippen molar-refractivity contribution in [3.63, 3.8) is 0 Å². The number of carbonyl (C=O) groups is 2. The van der Waals surface area contributed by atoms with Crippen LogP contribution in [0.5, 0.6) is 0 Å². The summed E-state index contributed by atoms with van der Waals surface area (Å²) in [6, 6.07) is 5.67. The molecule has 1 amide bonds. The lowest BCUT2D eigenvalue weighted by molar-refractivity contribution is -0.137. The normalized spacial score (nSPS) is 10.7. The van der Waals surface area contributed by atoms with E-state index in [0.29, 0.717) is 24.2 Å². The molecular weight excluding hydrogens is 260 g/mol. The summed E-state index contributed by atoms with van der Waals surface area (Å²) >= 11 is 0. The van der Waals surface area contributed by atoms with Gasteiger partial charge in [0.25, 0.3) is 0 Å². The van der Waals surface area contributed by atoms with Crippen molar-refractivity contribution in [3.05, 3.63) is 29.5 Å². The van der Waals surface area contributed by atoms with Gasteiger partial charge in [-0.25, -0.2) is 0 Å². The van der Waals surface area contributed by atoms with Crippen LogP contribution in [0.15, 0.2) is 22.7 Å². The van der Waals surface area contributed by atoms with Gasteiger partial charge in [0.15, 0.2) is 5.58 Å². The van der Waals surface area contributed by atoms with Crippen LogP contribution in [0.4, 0.5) is 0 Å². The van der Waals surface area contributed by atoms with E-state index in [1.807, 2.05) is 25.1 Å². The average molecular weight is 276 g/mol. The second kappa shape index (κ2) is 6.18. The molecule has 2 aromatic rings. The summed E-state index contributed by atoms with van der Waals surface area (Å²) in [5.74, 6) is -1.05. The van der Waals surface area contributed by atoms with Gasteiger partial charge in [-0.15, -0.1) is 0 Å². The van der Waals surface area contributed by atoms with Crippen LogP contribution in [0, 0.1) is 6.92 Å². The van der Waals surface area contributed by atoms with E-state index in [1.54, 1.807) is 0 Å². The van der Waals surface area contributed by atoms with Crippen LogP contribution in [0.25, 0.3) is 11.0 Å². The monoisotopic (exact) mass is 276 g/mol. The number of carbonyl (C=O) groups excluding carboxylic acids is 1. The van der Waals surface area contributed by atoms with Gasteiger partial charge in [0, 0.05) is 18.4 Å². The highest BCUT2D eigenvalue weighted by Gasteiger charge is 2.12. The number of hydrogen-bond acceptors (Lipinski definition) is 4. The maximum absolute atomic E-state index is 11.7. The van der Waals surface area contributed by atoms with Crippen LogP contribution >= 0.6 is 0 Å². The van der Waals surface area contributed by atoms with Crippen LogP contribution in [-0.4, -0.2) is 28.7 Å². The molecule has 6 nitrogen and oxygen atoms in total. The summed E-state index contributed by atoms with van der Waals surface area (Å²) < 4.78 is 5.15. The van der Waals surface area contributed by atoms with Crippen molar-refractivity contribution in [1.29, 1.82) is 0 Å². The van der Waals surface area contributed by atoms with Gasteiger partial charge in [0.2, 0.25) is 5.91 Å². The minimum Gasteiger partial charge on any atom is -0.481 e. The Kier molecular flexibility index (Phi) is 4.34. The van der Waals surface area contributed by atoms with Crippen molar-refractivity contribution < 1.29 is 19.2 Å². The molecule has 0 aliphatic heterocycles. The summed E-state index contributed by atoms with van der Waals surface area (Å²) in [6.07, 6.45) is 0.593. The Bertz CT molecular complexity index is 633. The highest BCUT2D eigenvalue weighted by Crippen LogP contribution is 2.20. The zero-order chi connectivity index (χ0) is 14.5. The smallest absolute Gasteiger partial charge is 0.303 e. The predicted molar refractivity (Wildman–Crippen MR) is 72.3 cm³/mol. The molecule has 0 radical (unpaired) electrons. The molecule has 0 bridgehead atoms. The average Bonchev–Trinajstić information content (AvgIpc) is 2.77. The number of carboxylic acid groups (broad SMARTS) is 1. The summed E-state index contributed by atoms with van der Waals surface area (Å²) in [5.41, 5.74) is 2.33. The molecule has 0 unspecified atom stereocenters. The number of hydrogen-bond donors (Lipinski definition) is 2. The highest BCUT2D eigenvalue weighted by molar-refractivity contribution is 5.86. The van der Waals surface area contributed by atoms with E-state index in [0.717, 1.165) is 10.9 Å². The number of fused-ring (bicyclic) bond motifs is 1. The van der Waals surface area contributed by atoms with Crippen LogP contribution in [0.1, 0.15) is 24.1 Å². The van der Waals surface area contributed by atoms with Crippen LogP contribution in [0.3, 0.4) is 0 Å². The Morgan fingerprint density at radius 1 is 1.40 bits per heavy atom. The summed E-state index contributed by atoms with van der Waals surface area (Å²) in [4.78, 5) is 22.1. The zero-order valence-corrected chi connectivity index (χ0v) is 11.2. The third kappa shape index (κ3) is 3.57. The number of carboxylic acids is 1. The summed E-state index contributed by atoms with van der Waals surface area (Å²) in [7, 11) is 0. The predicted octanol–water partition coefficient (Wildman–Crippen LogP) is 1.66. The van der Waals surface area contributed by atoms with Crippen molar-refractivity contribution in [2.45, 2.75) is 26.2 Å². The first-order valence-electron chi connectivity index (χ1n) is 6.39. The fourth-order valence-corrected chi connectivity index (χ4v) is 1.91. The number of aromatic nitrogens is 1. The van der Waals surface area contributed by atoms with Gasteiger partial charge < -0.3 is 14.9 Å². The van der Waals surface area contributed by atoms with Crippen molar-refractivity contribution in [1.82, 2.24) is 10.5 Å². The number of aliphatic carboxylic acids is 1. The van der Waals surface area contributed by atoms with Gasteiger partial charge in [-0.1, -0.05) is 16.8 Å². The zero-order valence-electron chi connectivity index (χ0n) is 11.2. The highest BCUT2D eigenvalue weighted by atomic mass is 16.5. The van der Waals surface area contributed by atoms with E-state index in [4.69, 9.17) is 9.63 Å². The Labute approximate surface area is 115 Å². The van der Waals surface area contributed by atoms with Gasteiger partial charge in [0.1, 0.15) is 5.69 Å². The number of benzene rings is 1. The van der Waals surface area contributed by atoms with Crippen molar-refractivity contribution in [2.24, 2.45) is 0 Å². The molecule has 20 heavy (non-hydrogen) atoms. The number of nitrogens with zero attached hydrogens (tertiary/aromatic N) is 1. The van der Waals surface area contributed by atoms with Gasteiger partial charge in [-0.2, -0.15) is 0 Å². The number of rotatable bonds is 6. The molecule has 2 rings (SSSR count). The molecule has 0 saturated carbocycles. The topological polar surface area (TPSA) is 92.4 Å². The molecule has 1 heterocycles. The summed E-state index contributed by atoms with van der Waals surface area (Å²) in [5, 5.41) is 15.9. The van der Waals surface area contributed by atoms with E-state index in [2.05, 4.69) is 10.5 Å². The quantitative estimate of drug-likeness (QED) is 0.783. The third-order valence-corrected chi connectivity index (χ3v) is 2.92. The largest absolute Gasteiger partial charge is 0.481 e. The molecule has 6 heteroatoms. The Morgan fingerprint density at radius 3 is 2.95 bits per heavy atom. The molecule has 1 aromatic heterocycles. The van der Waals surface area contributed by atoms with Crippen LogP contribution in [0.2, 0.25) is 0 Å². The fourth-order valence-electron chi connectivity index (χ4n) is 1.91. The minimum atomic E-state index is -0.864. The van der Waals surface area contributed by atoms with Crippen molar-refractivity contribution >= 4 is 22.8 Å². The maximum atomic E-state index is 11.7. The van der Waals surface area contributed by atoms with Crippen LogP contribution in [-0.2, 0) is 16.0 Å². The first-order valence-corrected chi connectivity index (χ1v) is 6.39. The molecule has 106 valence electrons. The molecule has 0 fully saturated rings. The van der Waals surface area contributed by atoms with E-state index < -0.39 is 5.97 Å². The molecule has 0 atom stereocenters. The lowest BCUT2D eigenvalue weighted by atomic mass is 10.1. The molecule has 1 aromatic carbocycles. The number of nitrogens with one attached hydrogen (secondary N) is 1. The third-order valence-electron chi connectivity index (χ3n) is 2.92. The Morgan fingerprint density at radius 2 is 2.20 bits per heavy atom. The summed E-state index contributed by atoms with van der Waals surface area (Å²) in [6.45, 7) is 2.31. The van der Waals surface area contributed by atoms with Gasteiger partial charge in [-0.3, -0.25) is 9.59 Å². The van der Waals surface area contributed by atoms with E-state index in [-0.39, 0.29) is 18.7 Å². The first kappa shape index (κ1) is 14.0. The lowest BCUT2D eigenvalue weighted by Gasteiger charge is -2.02. The van der Waals surface area contributed by atoms with Crippen molar-refractivity contribution in [3.8, 4) is 0 Å². The molecular formula is C14H16N2O4. The second-order valence-electron chi connectivity index (χ2n) is 4.65. The lowest BCUT2D eigenvalue weighted by Crippen LogP contribution is -2.26. The maximum Gasteiger partial charge on any atom is 0.303 e. The fraction of sp³-hybridized carbons (Fsp3) is 0.357. The Hall–Kier alpha value is -2.37. The Balaban J connectivity index is 1.93. The van der Waals surface area contributed by atoms with E-state index in [9.17, 15) is 9.59 Å². The molecule has 0 saturated heterocycles. The van der Waals surface area contributed by atoms with Crippen LogP contribution < -0.4 is 5.32 Å². The van der Waals surface area contributed by atoms with Gasteiger partial charge >= 0.3 is 5.97 Å². The van der Waals surface area contributed by atoms with Gasteiger partial charge in [-0.05, 0) is 25.5 Å². The minimum absolute atomic E-state index is 0.0480. The standard InChI is InChI=1S/C14H16N2O4/c1-9-4-5-12-10(7-9)11(16-20-12)8-13(17)15-6-2-3-14(18)19/h4-5,7H,2-3,6,8H2,1H3,(H,15,17)(H,18,19). The number of amides is 1. The number of aryl methyl sites for hydroxylation is 1. The second-order valence-corrected chi connectivity index (χ2v) is 4.65. The SMILES string of the molecule is Cc1ccc2onc(CC(=O)NCCCC(=O)O)c2c1. The molecule has 2 N–H and O–H groups in total. The first-order chi connectivity index (χ1) is 9.56. The van der Waals surface area contributed by atoms with E-state index in [1.165, 1.54) is 0 Å². The van der Waals surface area contributed by atoms with Gasteiger partial charge in [0.05, 0.1) is 6.42 Å². The molecule has 0 spiro atoms.